The number of nitrogens with zero attached hydrogens (tertiary/aromatic N) is 4. The maximum absolute atomic E-state index is 12.7. The van der Waals surface area contributed by atoms with E-state index in [0.29, 0.717) is 0 Å². The summed E-state index contributed by atoms with van der Waals surface area (Å²) < 4.78 is 1.98. The van der Waals surface area contributed by atoms with Crippen LogP contribution in [0.25, 0.3) is 0 Å². The first-order valence-electron chi connectivity index (χ1n) is 8.46. The molecule has 2 heterocycles. The molecular weight excluding hydrogens is 302 g/mol. The molecule has 0 radical (unpaired) electrons. The lowest BCUT2D eigenvalue weighted by molar-refractivity contribution is -0.119. The fourth-order valence-electron chi connectivity index (χ4n) is 3.03. The van der Waals surface area contributed by atoms with Gasteiger partial charge in [-0.3, -0.25) is 4.79 Å². The summed E-state index contributed by atoms with van der Waals surface area (Å²) in [6, 6.07) is 9.57. The summed E-state index contributed by atoms with van der Waals surface area (Å²) in [5.74, 6) is 1.75. The third kappa shape index (κ3) is 3.82. The molecule has 1 amide bonds. The minimum atomic E-state index is -0.118. The standard InChI is InChI=1S/C16H21N5O.C2H6/c1-11-18-19-15(21(11)3)13-9-20(2)10-14(13)16(22)17-12-7-5-4-6-8-12;1-2/h4-8,13-14H,9-10H2,1-3H3,(H,17,22);1-2H3/t13-,14-;/m0./s1. The molecule has 24 heavy (non-hydrogen) atoms. The minimum Gasteiger partial charge on any atom is -0.326 e. The quantitative estimate of drug-likeness (QED) is 0.939. The van der Waals surface area contributed by atoms with Gasteiger partial charge in [-0.2, -0.15) is 0 Å². The molecular formula is C18H27N5O. The van der Waals surface area contributed by atoms with Crippen molar-refractivity contribution in [3.8, 4) is 0 Å². The zero-order valence-corrected chi connectivity index (χ0v) is 15.2. The predicted molar refractivity (Wildman–Crippen MR) is 95.9 cm³/mol. The highest BCUT2D eigenvalue weighted by Gasteiger charge is 2.39. The van der Waals surface area contributed by atoms with Gasteiger partial charge in [-0.25, -0.2) is 0 Å². The average molecular weight is 329 g/mol. The van der Waals surface area contributed by atoms with Crippen LogP contribution in [0.2, 0.25) is 0 Å². The summed E-state index contributed by atoms with van der Waals surface area (Å²) in [6.45, 7) is 7.47. The Labute approximate surface area is 143 Å². The van der Waals surface area contributed by atoms with Crippen LogP contribution in [0.1, 0.15) is 31.4 Å². The van der Waals surface area contributed by atoms with Crippen LogP contribution >= 0.6 is 0 Å². The molecule has 130 valence electrons. The van der Waals surface area contributed by atoms with E-state index in [1.165, 1.54) is 0 Å². The van der Waals surface area contributed by atoms with Gasteiger partial charge in [0.1, 0.15) is 11.6 Å². The van der Waals surface area contributed by atoms with E-state index < -0.39 is 0 Å². The number of carbonyl (C=O) groups is 1. The lowest BCUT2D eigenvalue weighted by atomic mass is 9.94. The molecule has 0 aliphatic carbocycles. The summed E-state index contributed by atoms with van der Waals surface area (Å²) in [6.07, 6.45) is 0. The molecule has 0 unspecified atom stereocenters. The van der Waals surface area contributed by atoms with Crippen LogP contribution in [-0.2, 0) is 11.8 Å². The number of likely N-dealkylation sites (N-methyl/N-ethyl adjacent to an activating group) is 1. The molecule has 1 aromatic heterocycles. The number of benzene rings is 1. The van der Waals surface area contributed by atoms with E-state index in [1.54, 1.807) is 0 Å². The number of rotatable bonds is 3. The summed E-state index contributed by atoms with van der Waals surface area (Å²) >= 11 is 0. The molecule has 1 aliphatic heterocycles. The fraction of sp³-hybridized carbons (Fsp3) is 0.500. The highest BCUT2D eigenvalue weighted by molar-refractivity contribution is 5.93. The maximum atomic E-state index is 12.7. The molecule has 1 aliphatic rings. The Balaban J connectivity index is 0.00000100. The van der Waals surface area contributed by atoms with Crippen molar-refractivity contribution >= 4 is 11.6 Å². The van der Waals surface area contributed by atoms with Crippen LogP contribution in [0.3, 0.4) is 0 Å². The number of para-hydroxylation sites is 1. The number of nitrogens with one attached hydrogen (secondary N) is 1. The van der Waals surface area contributed by atoms with E-state index in [0.717, 1.165) is 30.4 Å². The number of hydrogen-bond acceptors (Lipinski definition) is 4. The molecule has 1 N–H and O–H groups in total. The second kappa shape index (κ2) is 8.06. The number of aryl methyl sites for hydroxylation is 1. The van der Waals surface area contributed by atoms with Crippen molar-refractivity contribution < 1.29 is 4.79 Å². The Morgan fingerprint density at radius 3 is 2.38 bits per heavy atom. The normalized spacial score (nSPS) is 20.4. The first kappa shape index (κ1) is 18.1. The molecule has 2 aromatic rings. The summed E-state index contributed by atoms with van der Waals surface area (Å²) in [7, 11) is 3.99. The molecule has 0 saturated carbocycles. The van der Waals surface area contributed by atoms with Crippen molar-refractivity contribution in [2.75, 3.05) is 25.5 Å². The number of aromatic nitrogens is 3. The molecule has 3 rings (SSSR count). The van der Waals surface area contributed by atoms with Gasteiger partial charge >= 0.3 is 0 Å². The van der Waals surface area contributed by atoms with Gasteiger partial charge < -0.3 is 14.8 Å². The Hall–Kier alpha value is -2.21. The Morgan fingerprint density at radius 1 is 1.12 bits per heavy atom. The maximum Gasteiger partial charge on any atom is 0.229 e. The summed E-state index contributed by atoms with van der Waals surface area (Å²) in [5, 5.41) is 11.4. The van der Waals surface area contributed by atoms with E-state index in [2.05, 4.69) is 20.4 Å². The second-order valence-electron chi connectivity index (χ2n) is 5.95. The Kier molecular flexibility index (Phi) is 6.09. The summed E-state index contributed by atoms with van der Waals surface area (Å²) in [5.41, 5.74) is 0.829. The van der Waals surface area contributed by atoms with E-state index in [4.69, 9.17) is 0 Å². The molecule has 1 saturated heterocycles. The van der Waals surface area contributed by atoms with Gasteiger partial charge in [0.05, 0.1) is 5.92 Å². The number of hydrogen-bond donors (Lipinski definition) is 1. The zero-order chi connectivity index (χ0) is 17.7. The smallest absolute Gasteiger partial charge is 0.229 e. The molecule has 1 aromatic carbocycles. The lowest BCUT2D eigenvalue weighted by Crippen LogP contribution is -2.29. The molecule has 0 bridgehead atoms. The van der Waals surface area contributed by atoms with Gasteiger partial charge in [-0.05, 0) is 26.1 Å². The van der Waals surface area contributed by atoms with Gasteiger partial charge in [0, 0.05) is 31.7 Å². The van der Waals surface area contributed by atoms with E-state index in [9.17, 15) is 4.79 Å². The van der Waals surface area contributed by atoms with Crippen molar-refractivity contribution in [3.05, 3.63) is 42.0 Å². The minimum absolute atomic E-state index is 0.0428. The molecule has 1 fully saturated rings. The average Bonchev–Trinajstić information content (AvgIpc) is 3.13. The number of carbonyl (C=O) groups excluding carboxylic acids is 1. The first-order chi connectivity index (χ1) is 11.6. The monoisotopic (exact) mass is 329 g/mol. The van der Waals surface area contributed by atoms with Gasteiger partial charge in [-0.1, -0.05) is 32.0 Å². The third-order valence-electron chi connectivity index (χ3n) is 4.34. The van der Waals surface area contributed by atoms with Crippen LogP contribution in [0.4, 0.5) is 5.69 Å². The van der Waals surface area contributed by atoms with Crippen LogP contribution < -0.4 is 5.32 Å². The number of anilines is 1. The van der Waals surface area contributed by atoms with Crippen LogP contribution in [0.15, 0.2) is 30.3 Å². The molecule has 2 atom stereocenters. The Morgan fingerprint density at radius 2 is 1.79 bits per heavy atom. The van der Waals surface area contributed by atoms with Crippen LogP contribution in [0, 0.1) is 12.8 Å². The SMILES string of the molecule is CC.Cc1nnc([C@H]2CN(C)C[C@@H]2C(=O)Nc2ccccc2)n1C. The molecule has 6 heteroatoms. The number of amides is 1. The number of likely N-dealkylation sites (tertiary alicyclic amines) is 1. The van der Waals surface area contributed by atoms with E-state index in [1.807, 2.05) is 69.8 Å². The summed E-state index contributed by atoms with van der Waals surface area (Å²) in [4.78, 5) is 14.8. The van der Waals surface area contributed by atoms with Crippen molar-refractivity contribution in [3.63, 3.8) is 0 Å². The van der Waals surface area contributed by atoms with Crippen molar-refractivity contribution in [1.82, 2.24) is 19.7 Å². The fourth-order valence-corrected chi connectivity index (χ4v) is 3.03. The largest absolute Gasteiger partial charge is 0.326 e. The second-order valence-corrected chi connectivity index (χ2v) is 5.95. The van der Waals surface area contributed by atoms with E-state index in [-0.39, 0.29) is 17.7 Å². The third-order valence-corrected chi connectivity index (χ3v) is 4.34. The molecule has 6 nitrogen and oxygen atoms in total. The van der Waals surface area contributed by atoms with Crippen molar-refractivity contribution in [2.45, 2.75) is 26.7 Å². The zero-order valence-electron chi connectivity index (χ0n) is 15.2. The van der Waals surface area contributed by atoms with Crippen LogP contribution in [0.5, 0.6) is 0 Å². The van der Waals surface area contributed by atoms with Crippen molar-refractivity contribution in [1.29, 1.82) is 0 Å². The van der Waals surface area contributed by atoms with Gasteiger partial charge in [0.15, 0.2) is 0 Å². The lowest BCUT2D eigenvalue weighted by Gasteiger charge is -2.17. The highest BCUT2D eigenvalue weighted by Crippen LogP contribution is 2.31. The van der Waals surface area contributed by atoms with Crippen LogP contribution in [-0.4, -0.2) is 45.7 Å². The topological polar surface area (TPSA) is 63.1 Å². The Bertz CT molecular complexity index is 667. The first-order valence-corrected chi connectivity index (χ1v) is 8.46. The molecule has 0 spiro atoms. The van der Waals surface area contributed by atoms with Gasteiger partial charge in [0.25, 0.3) is 0 Å². The van der Waals surface area contributed by atoms with Crippen molar-refractivity contribution in [2.24, 2.45) is 13.0 Å². The van der Waals surface area contributed by atoms with Gasteiger partial charge in [-0.15, -0.1) is 10.2 Å². The predicted octanol–water partition coefficient (Wildman–Crippen LogP) is 2.43. The van der Waals surface area contributed by atoms with E-state index >= 15 is 0 Å². The highest BCUT2D eigenvalue weighted by atomic mass is 16.2. The van der Waals surface area contributed by atoms with Gasteiger partial charge in [0.2, 0.25) is 5.91 Å².